The van der Waals surface area contributed by atoms with Crippen molar-refractivity contribution < 1.29 is 10.2 Å². The van der Waals surface area contributed by atoms with Gasteiger partial charge in [-0.1, -0.05) is 17.7 Å². The Morgan fingerprint density at radius 1 is 1.00 bits per heavy atom. The standard InChI is InChI=1S/C13H21NO2/c1-10-4-6-13(7-5-10)14(11(2)8-15)12(3)9-16/h4-7,11-12,15-16H,8-9H2,1-3H3. The van der Waals surface area contributed by atoms with Crippen molar-refractivity contribution in [2.75, 3.05) is 18.1 Å². The van der Waals surface area contributed by atoms with Crippen LogP contribution in [0.25, 0.3) is 0 Å². The number of aliphatic hydroxyl groups excluding tert-OH is 2. The summed E-state index contributed by atoms with van der Waals surface area (Å²) >= 11 is 0. The van der Waals surface area contributed by atoms with Gasteiger partial charge in [-0.3, -0.25) is 0 Å². The lowest BCUT2D eigenvalue weighted by molar-refractivity contribution is 0.230. The van der Waals surface area contributed by atoms with Gasteiger partial charge in [0, 0.05) is 17.8 Å². The highest BCUT2D eigenvalue weighted by atomic mass is 16.3. The zero-order valence-electron chi connectivity index (χ0n) is 10.2. The van der Waals surface area contributed by atoms with Gasteiger partial charge in [0.1, 0.15) is 0 Å². The smallest absolute Gasteiger partial charge is 0.0632 e. The van der Waals surface area contributed by atoms with Crippen LogP contribution in [0, 0.1) is 6.92 Å². The average Bonchev–Trinajstić information content (AvgIpc) is 2.31. The van der Waals surface area contributed by atoms with Crippen molar-refractivity contribution in [1.29, 1.82) is 0 Å². The molecule has 0 saturated heterocycles. The molecule has 0 aliphatic carbocycles. The van der Waals surface area contributed by atoms with Gasteiger partial charge in [0.05, 0.1) is 13.2 Å². The van der Waals surface area contributed by atoms with Crippen LogP contribution in [-0.2, 0) is 0 Å². The molecule has 0 spiro atoms. The summed E-state index contributed by atoms with van der Waals surface area (Å²) < 4.78 is 0. The van der Waals surface area contributed by atoms with Crippen molar-refractivity contribution in [3.05, 3.63) is 29.8 Å². The molecule has 3 heteroatoms. The minimum atomic E-state index is 0.00450. The van der Waals surface area contributed by atoms with Crippen LogP contribution in [0.4, 0.5) is 5.69 Å². The first-order chi connectivity index (χ1) is 7.60. The second kappa shape index (κ2) is 5.87. The lowest BCUT2D eigenvalue weighted by Gasteiger charge is -2.35. The second-order valence-electron chi connectivity index (χ2n) is 4.31. The third kappa shape index (κ3) is 2.97. The topological polar surface area (TPSA) is 43.7 Å². The van der Waals surface area contributed by atoms with E-state index in [1.54, 1.807) is 0 Å². The van der Waals surface area contributed by atoms with E-state index in [0.29, 0.717) is 0 Å². The molecule has 90 valence electrons. The zero-order valence-corrected chi connectivity index (χ0v) is 10.2. The second-order valence-corrected chi connectivity index (χ2v) is 4.31. The molecule has 2 atom stereocenters. The number of rotatable bonds is 5. The highest BCUT2D eigenvalue weighted by molar-refractivity contribution is 5.49. The third-order valence-electron chi connectivity index (χ3n) is 2.81. The summed E-state index contributed by atoms with van der Waals surface area (Å²) in [6.45, 7) is 6.10. The molecule has 0 aromatic heterocycles. The third-order valence-corrected chi connectivity index (χ3v) is 2.81. The van der Waals surface area contributed by atoms with E-state index in [1.165, 1.54) is 5.56 Å². The molecule has 16 heavy (non-hydrogen) atoms. The van der Waals surface area contributed by atoms with Gasteiger partial charge < -0.3 is 15.1 Å². The quantitative estimate of drug-likeness (QED) is 0.796. The van der Waals surface area contributed by atoms with E-state index >= 15 is 0 Å². The fourth-order valence-electron chi connectivity index (χ4n) is 1.84. The largest absolute Gasteiger partial charge is 0.394 e. The molecule has 2 N–H and O–H groups in total. The molecule has 0 heterocycles. The molecule has 0 saturated carbocycles. The van der Waals surface area contributed by atoms with E-state index in [-0.39, 0.29) is 25.3 Å². The predicted octanol–water partition coefficient (Wildman–Crippen LogP) is 1.56. The van der Waals surface area contributed by atoms with Crippen molar-refractivity contribution >= 4 is 5.69 Å². The van der Waals surface area contributed by atoms with Crippen LogP contribution in [0.15, 0.2) is 24.3 Å². The van der Waals surface area contributed by atoms with Gasteiger partial charge in [0.15, 0.2) is 0 Å². The Hall–Kier alpha value is -1.06. The molecule has 1 rings (SSSR count). The van der Waals surface area contributed by atoms with E-state index in [4.69, 9.17) is 0 Å². The summed E-state index contributed by atoms with van der Waals surface area (Å²) in [4.78, 5) is 2.04. The summed E-state index contributed by atoms with van der Waals surface area (Å²) in [6, 6.07) is 8.13. The van der Waals surface area contributed by atoms with Crippen LogP contribution < -0.4 is 4.90 Å². The number of hydrogen-bond donors (Lipinski definition) is 2. The number of anilines is 1. The summed E-state index contributed by atoms with van der Waals surface area (Å²) in [5.74, 6) is 0. The molecule has 0 bridgehead atoms. The van der Waals surface area contributed by atoms with E-state index in [0.717, 1.165) is 5.69 Å². The summed E-state index contributed by atoms with van der Waals surface area (Å²) in [5, 5.41) is 18.5. The molecule has 1 aromatic rings. The molecule has 0 radical (unpaired) electrons. The fourth-order valence-corrected chi connectivity index (χ4v) is 1.84. The Bertz CT molecular complexity index is 300. The van der Waals surface area contributed by atoms with Crippen molar-refractivity contribution in [1.82, 2.24) is 0 Å². The normalized spacial score (nSPS) is 14.6. The Morgan fingerprint density at radius 2 is 1.44 bits per heavy atom. The Kier molecular flexibility index (Phi) is 4.77. The summed E-state index contributed by atoms with van der Waals surface area (Å²) in [5.41, 5.74) is 2.24. The van der Waals surface area contributed by atoms with Crippen molar-refractivity contribution in [2.24, 2.45) is 0 Å². The molecular formula is C13H21NO2. The van der Waals surface area contributed by atoms with E-state index in [9.17, 15) is 10.2 Å². The number of aryl methyl sites for hydroxylation is 1. The molecular weight excluding hydrogens is 202 g/mol. The molecule has 1 aromatic carbocycles. The Balaban J connectivity index is 2.96. The first-order valence-corrected chi connectivity index (χ1v) is 5.67. The van der Waals surface area contributed by atoms with Gasteiger partial charge in [-0.05, 0) is 32.9 Å². The van der Waals surface area contributed by atoms with Gasteiger partial charge >= 0.3 is 0 Å². The van der Waals surface area contributed by atoms with Crippen LogP contribution in [0.3, 0.4) is 0 Å². The maximum absolute atomic E-state index is 9.24. The fraction of sp³-hybridized carbons (Fsp3) is 0.538. The molecule has 0 fully saturated rings. The molecule has 0 aliphatic rings. The number of nitrogens with zero attached hydrogens (tertiary/aromatic N) is 1. The van der Waals surface area contributed by atoms with Crippen molar-refractivity contribution in [3.8, 4) is 0 Å². The first kappa shape index (κ1) is 13.0. The summed E-state index contributed by atoms with van der Waals surface area (Å²) in [6.07, 6.45) is 0. The SMILES string of the molecule is Cc1ccc(N(C(C)CO)C(C)CO)cc1. The highest BCUT2D eigenvalue weighted by Crippen LogP contribution is 2.20. The molecule has 3 nitrogen and oxygen atoms in total. The van der Waals surface area contributed by atoms with Crippen LogP contribution in [0.1, 0.15) is 19.4 Å². The van der Waals surface area contributed by atoms with Crippen LogP contribution in [-0.4, -0.2) is 35.5 Å². The van der Waals surface area contributed by atoms with E-state index < -0.39 is 0 Å². The predicted molar refractivity (Wildman–Crippen MR) is 66.8 cm³/mol. The zero-order chi connectivity index (χ0) is 12.1. The monoisotopic (exact) mass is 223 g/mol. The van der Waals surface area contributed by atoms with Crippen molar-refractivity contribution in [3.63, 3.8) is 0 Å². The highest BCUT2D eigenvalue weighted by Gasteiger charge is 2.19. The van der Waals surface area contributed by atoms with E-state index in [1.807, 2.05) is 49.9 Å². The minimum Gasteiger partial charge on any atom is -0.394 e. The molecule has 0 aliphatic heterocycles. The summed E-state index contributed by atoms with van der Waals surface area (Å²) in [7, 11) is 0. The molecule has 0 amide bonds. The first-order valence-electron chi connectivity index (χ1n) is 5.67. The van der Waals surface area contributed by atoms with Crippen LogP contribution in [0.5, 0.6) is 0 Å². The Labute approximate surface area is 97.3 Å². The molecule has 2 unspecified atom stereocenters. The minimum absolute atomic E-state index is 0.00450. The van der Waals surface area contributed by atoms with Crippen molar-refractivity contribution in [2.45, 2.75) is 32.9 Å². The van der Waals surface area contributed by atoms with Crippen LogP contribution >= 0.6 is 0 Å². The van der Waals surface area contributed by atoms with E-state index in [2.05, 4.69) is 0 Å². The average molecular weight is 223 g/mol. The maximum atomic E-state index is 9.24. The number of aliphatic hydroxyl groups is 2. The van der Waals surface area contributed by atoms with Gasteiger partial charge in [0.25, 0.3) is 0 Å². The number of hydrogen-bond acceptors (Lipinski definition) is 3. The maximum Gasteiger partial charge on any atom is 0.0632 e. The van der Waals surface area contributed by atoms with Gasteiger partial charge in [-0.25, -0.2) is 0 Å². The lowest BCUT2D eigenvalue weighted by Crippen LogP contribution is -2.44. The number of benzene rings is 1. The van der Waals surface area contributed by atoms with Gasteiger partial charge in [-0.2, -0.15) is 0 Å². The van der Waals surface area contributed by atoms with Gasteiger partial charge in [0.2, 0.25) is 0 Å². The van der Waals surface area contributed by atoms with Crippen LogP contribution in [0.2, 0.25) is 0 Å². The Morgan fingerprint density at radius 3 is 1.81 bits per heavy atom. The van der Waals surface area contributed by atoms with Gasteiger partial charge in [-0.15, -0.1) is 0 Å². The lowest BCUT2D eigenvalue weighted by atomic mass is 10.1.